The normalized spacial score (nSPS) is 26.5. The summed E-state index contributed by atoms with van der Waals surface area (Å²) < 4.78 is 0. The standard InChI is InChI=1S/C62H103N11O13/c1-22-24-25-38(11)52(76)51-56(80)65-44(23-2)58(82)67(15)33-48(75)69(17)45(32-42-26-28-43(74)29-27-42)55(79)66-49(36(7)8)61(85)68(16)41(14)54(78)63-39(12)53(77)64-40(13)57(81)70(18)46(30-34(3)4)59(83)71(19)47(31-35(5)6)60(84)72(20)50(37(9)10)62(86)73(51)21/h22,24,26-29,34-41,44-47,49-52,74,76H,23,25,30-33H2,1-21H3,(H,63,78)(H,64,77)(H,65,80)(H,66,79)/b24-22+/t38-,39+,40-,41+,44+,45+,46+,47+,49+,50+,51+,52-/m1/s1. The molecule has 1 aliphatic rings. The van der Waals surface area contributed by atoms with E-state index < -0.39 is 156 Å². The lowest BCUT2D eigenvalue weighted by Crippen LogP contribution is -2.63. The summed E-state index contributed by atoms with van der Waals surface area (Å²) in [7, 11) is 9.67. The summed E-state index contributed by atoms with van der Waals surface area (Å²) >= 11 is 0. The molecule has 1 saturated heterocycles. The van der Waals surface area contributed by atoms with Gasteiger partial charge in [0, 0.05) is 55.8 Å². The molecule has 1 fully saturated rings. The number of aliphatic hydroxyl groups excluding tert-OH is 1. The van der Waals surface area contributed by atoms with Crippen LogP contribution in [0.5, 0.6) is 5.75 Å². The van der Waals surface area contributed by atoms with E-state index in [2.05, 4.69) is 21.3 Å². The summed E-state index contributed by atoms with van der Waals surface area (Å²) in [5, 5.41) is 32.9. The highest BCUT2D eigenvalue weighted by Gasteiger charge is 2.45. The fourth-order valence-electron chi connectivity index (χ4n) is 10.4. The Morgan fingerprint density at radius 3 is 1.52 bits per heavy atom. The average Bonchev–Trinajstić information content (AvgIpc) is 3.43. The van der Waals surface area contributed by atoms with Crippen LogP contribution in [-0.4, -0.2) is 232 Å². The van der Waals surface area contributed by atoms with E-state index in [0.717, 1.165) is 19.6 Å². The van der Waals surface area contributed by atoms with Gasteiger partial charge in [-0.3, -0.25) is 52.7 Å². The monoisotopic (exact) mass is 1210 g/mol. The zero-order valence-corrected chi connectivity index (χ0v) is 55.0. The number of phenolic OH excluding ortho intramolecular Hbond substituents is 1. The molecule has 0 unspecified atom stereocenters. The highest BCUT2D eigenvalue weighted by molar-refractivity contribution is 5.99. The first-order valence-electron chi connectivity index (χ1n) is 30.0. The SMILES string of the molecule is C/C=C/C[C@@H](C)[C@@H](O)[C@H]1C(=O)N[C@@H](CC)C(=O)N(C)CC(=O)N(C)[C@@H](Cc2ccc(O)cc2)C(=O)N[C@@H](C(C)C)C(=O)N(C)[C@@H](C)C(=O)N[C@@H](C)C(=O)N[C@H](C)C(=O)N(C)[C@@H](CC(C)C)C(=O)N(C)[C@@H](CC(C)C)C(=O)N(C)[C@@H](C(C)C)C(=O)N1C. The molecule has 12 atom stereocenters. The van der Waals surface area contributed by atoms with Gasteiger partial charge >= 0.3 is 0 Å². The van der Waals surface area contributed by atoms with E-state index in [9.17, 15) is 53.4 Å². The van der Waals surface area contributed by atoms with Crippen molar-refractivity contribution in [2.24, 2.45) is 29.6 Å². The van der Waals surface area contributed by atoms with Crippen molar-refractivity contribution in [1.82, 2.24) is 55.6 Å². The van der Waals surface area contributed by atoms with Gasteiger partial charge in [0.15, 0.2) is 0 Å². The number of nitrogens with one attached hydrogen (secondary N) is 4. The van der Waals surface area contributed by atoms with Crippen LogP contribution in [0.25, 0.3) is 0 Å². The van der Waals surface area contributed by atoms with E-state index in [-0.39, 0.29) is 43.3 Å². The van der Waals surface area contributed by atoms with Crippen LogP contribution in [0, 0.1) is 29.6 Å². The van der Waals surface area contributed by atoms with Crippen molar-refractivity contribution >= 4 is 65.0 Å². The quantitative estimate of drug-likeness (QED) is 0.155. The molecule has 0 aliphatic carbocycles. The molecule has 0 spiro atoms. The van der Waals surface area contributed by atoms with Crippen molar-refractivity contribution in [1.29, 1.82) is 0 Å². The molecule has 1 aromatic rings. The number of nitrogens with zero attached hydrogens (tertiary/aromatic N) is 7. The molecule has 2 rings (SSSR count). The maximum absolute atomic E-state index is 15.1. The molecule has 0 bridgehead atoms. The van der Waals surface area contributed by atoms with Gasteiger partial charge in [-0.2, -0.15) is 0 Å². The Labute approximate surface area is 510 Å². The molecule has 1 heterocycles. The average molecular weight is 1210 g/mol. The predicted molar refractivity (Wildman–Crippen MR) is 327 cm³/mol. The number of allylic oxidation sites excluding steroid dienone is 2. The minimum Gasteiger partial charge on any atom is -0.508 e. The molecule has 0 aromatic heterocycles. The van der Waals surface area contributed by atoms with Gasteiger partial charge in [-0.1, -0.05) is 93.5 Å². The summed E-state index contributed by atoms with van der Waals surface area (Å²) in [6, 6.07) is -6.91. The van der Waals surface area contributed by atoms with Gasteiger partial charge in [-0.25, -0.2) is 0 Å². The molecule has 0 saturated carbocycles. The molecule has 86 heavy (non-hydrogen) atoms. The van der Waals surface area contributed by atoms with Crippen LogP contribution in [0.3, 0.4) is 0 Å². The smallest absolute Gasteiger partial charge is 0.246 e. The second-order valence-corrected chi connectivity index (χ2v) is 24.9. The van der Waals surface area contributed by atoms with Crippen LogP contribution in [0.1, 0.15) is 128 Å². The van der Waals surface area contributed by atoms with Gasteiger partial charge in [0.2, 0.25) is 65.0 Å². The number of amides is 11. The van der Waals surface area contributed by atoms with Crippen LogP contribution >= 0.6 is 0 Å². The van der Waals surface area contributed by atoms with Crippen molar-refractivity contribution in [2.45, 2.75) is 196 Å². The Kier molecular flexibility index (Phi) is 29.4. The number of phenols is 1. The third-order valence-electron chi connectivity index (χ3n) is 16.2. The topological polar surface area (TPSA) is 299 Å². The fraction of sp³-hybridized carbons (Fsp3) is 0.694. The Balaban J connectivity index is 2.95. The van der Waals surface area contributed by atoms with E-state index in [1.807, 2.05) is 27.7 Å². The maximum Gasteiger partial charge on any atom is 0.246 e. The molecule has 1 aliphatic heterocycles. The van der Waals surface area contributed by atoms with E-state index in [0.29, 0.717) is 12.0 Å². The van der Waals surface area contributed by atoms with Crippen molar-refractivity contribution in [3.05, 3.63) is 42.0 Å². The number of rotatable bonds is 13. The molecule has 24 heteroatoms. The van der Waals surface area contributed by atoms with Crippen LogP contribution in [0.2, 0.25) is 0 Å². The van der Waals surface area contributed by atoms with Crippen LogP contribution in [0.15, 0.2) is 36.4 Å². The number of carbonyl (C=O) groups excluding carboxylic acids is 11. The lowest BCUT2D eigenvalue weighted by atomic mass is 9.91. The summed E-state index contributed by atoms with van der Waals surface area (Å²) in [5.41, 5.74) is 0.518. The van der Waals surface area contributed by atoms with Crippen molar-refractivity contribution in [3.63, 3.8) is 0 Å². The van der Waals surface area contributed by atoms with Crippen LogP contribution in [0.4, 0.5) is 0 Å². The summed E-state index contributed by atoms with van der Waals surface area (Å²) in [4.78, 5) is 168. The fourth-order valence-corrected chi connectivity index (χ4v) is 10.4. The van der Waals surface area contributed by atoms with E-state index in [1.54, 1.807) is 72.8 Å². The van der Waals surface area contributed by atoms with Gasteiger partial charge in [-0.05, 0) is 101 Å². The largest absolute Gasteiger partial charge is 0.508 e. The summed E-state index contributed by atoms with van der Waals surface area (Å²) in [6.45, 7) is 23.0. The Bertz CT molecular complexity index is 2560. The molecule has 484 valence electrons. The molecule has 11 amide bonds. The number of aromatic hydroxyl groups is 1. The Morgan fingerprint density at radius 1 is 0.535 bits per heavy atom. The Morgan fingerprint density at radius 2 is 1.03 bits per heavy atom. The van der Waals surface area contributed by atoms with E-state index in [4.69, 9.17) is 0 Å². The number of carbonyl (C=O) groups is 11. The molecule has 0 radical (unpaired) electrons. The minimum absolute atomic E-state index is 0.0108. The van der Waals surface area contributed by atoms with Crippen molar-refractivity contribution in [2.75, 3.05) is 55.9 Å². The van der Waals surface area contributed by atoms with Gasteiger partial charge in [0.1, 0.15) is 66.2 Å². The predicted octanol–water partition coefficient (Wildman–Crippen LogP) is 2.15. The highest BCUT2D eigenvalue weighted by Crippen LogP contribution is 2.25. The maximum atomic E-state index is 15.1. The number of hydrogen-bond acceptors (Lipinski definition) is 13. The molecule has 6 N–H and O–H groups in total. The lowest BCUT2D eigenvalue weighted by Gasteiger charge is -2.41. The van der Waals surface area contributed by atoms with Gasteiger partial charge < -0.3 is 65.8 Å². The summed E-state index contributed by atoms with van der Waals surface area (Å²) in [6.07, 6.45) is 2.48. The third-order valence-corrected chi connectivity index (χ3v) is 16.2. The summed E-state index contributed by atoms with van der Waals surface area (Å²) in [5.74, 6) is -10.1. The molecular formula is C62H103N11O13. The van der Waals surface area contributed by atoms with Gasteiger partial charge in [0.05, 0.1) is 12.6 Å². The first kappa shape index (κ1) is 75.0. The van der Waals surface area contributed by atoms with Crippen LogP contribution in [-0.2, 0) is 59.2 Å². The molecule has 24 nitrogen and oxygen atoms in total. The first-order chi connectivity index (χ1) is 39.9. The highest BCUT2D eigenvalue weighted by atomic mass is 16.3. The zero-order chi connectivity index (χ0) is 66.1. The number of benzene rings is 1. The Hall–Kier alpha value is -7.11. The van der Waals surface area contributed by atoms with Gasteiger partial charge in [-0.15, -0.1) is 0 Å². The molecule has 1 aromatic carbocycles. The number of hydrogen-bond donors (Lipinski definition) is 6. The second-order valence-electron chi connectivity index (χ2n) is 24.9. The zero-order valence-electron chi connectivity index (χ0n) is 55.0. The van der Waals surface area contributed by atoms with Crippen molar-refractivity contribution < 1.29 is 63.0 Å². The lowest BCUT2D eigenvalue weighted by molar-refractivity contribution is -0.157. The number of aliphatic hydroxyl groups is 1. The van der Waals surface area contributed by atoms with Crippen molar-refractivity contribution in [3.8, 4) is 5.75 Å². The third kappa shape index (κ3) is 20.0. The van der Waals surface area contributed by atoms with Gasteiger partial charge in [0.25, 0.3) is 0 Å². The molecular weight excluding hydrogens is 1110 g/mol. The first-order valence-corrected chi connectivity index (χ1v) is 30.0. The number of likely N-dealkylation sites (N-methyl/N-ethyl adjacent to an activating group) is 7. The second kappa shape index (κ2) is 33.7. The van der Waals surface area contributed by atoms with E-state index in [1.165, 1.54) is 96.9 Å². The minimum atomic E-state index is -1.64. The van der Waals surface area contributed by atoms with E-state index >= 15 is 9.59 Å². The van der Waals surface area contributed by atoms with Crippen LogP contribution < -0.4 is 21.3 Å².